The van der Waals surface area contributed by atoms with Gasteiger partial charge < -0.3 is 4.84 Å². The van der Waals surface area contributed by atoms with Crippen LogP contribution in [-0.2, 0) is 4.84 Å². The topological polar surface area (TPSA) is 21.6 Å². The molecule has 0 aromatic carbocycles. The van der Waals surface area contributed by atoms with Crippen molar-refractivity contribution in [1.82, 2.24) is 0 Å². The molecule has 1 aliphatic rings. The third-order valence-corrected chi connectivity index (χ3v) is 1.32. The largest absolute Gasteiger partial charge is 0.395 e. The van der Waals surface area contributed by atoms with Crippen LogP contribution < -0.4 is 0 Å². The van der Waals surface area contributed by atoms with Gasteiger partial charge in [0.15, 0.2) is 0 Å². The Hall–Kier alpha value is -0.530. The van der Waals surface area contributed by atoms with Crippen LogP contribution in [0.15, 0.2) is 5.16 Å². The maximum Gasteiger partial charge on any atom is 0.122 e. The van der Waals surface area contributed by atoms with Crippen LogP contribution in [-0.4, -0.2) is 12.3 Å². The van der Waals surface area contributed by atoms with Gasteiger partial charge in [-0.15, -0.1) is 0 Å². The van der Waals surface area contributed by atoms with Crippen LogP contribution >= 0.6 is 0 Å². The van der Waals surface area contributed by atoms with Crippen LogP contribution in [0.1, 0.15) is 26.7 Å². The maximum atomic E-state index is 4.85. The molecule has 0 atom stereocenters. The van der Waals surface area contributed by atoms with Gasteiger partial charge >= 0.3 is 0 Å². The summed E-state index contributed by atoms with van der Waals surface area (Å²) in [5, 5.41) is 3.89. The van der Waals surface area contributed by atoms with Crippen molar-refractivity contribution in [3.05, 3.63) is 0 Å². The normalized spacial score (nSPS) is 17.9. The summed E-state index contributed by atoms with van der Waals surface area (Å²) in [7, 11) is 0. The van der Waals surface area contributed by atoms with Crippen LogP contribution in [0.25, 0.3) is 0 Å². The van der Waals surface area contributed by atoms with Crippen molar-refractivity contribution in [2.75, 3.05) is 6.61 Å². The molecule has 0 unspecified atom stereocenters. The maximum absolute atomic E-state index is 4.85. The summed E-state index contributed by atoms with van der Waals surface area (Å²) in [4.78, 5) is 4.85. The molecular weight excluding hydrogens is 114 g/mol. The van der Waals surface area contributed by atoms with E-state index in [-0.39, 0.29) is 0 Å². The first kappa shape index (κ1) is 6.59. The van der Waals surface area contributed by atoms with E-state index in [9.17, 15) is 0 Å². The quantitative estimate of drug-likeness (QED) is 0.554. The fourth-order valence-corrected chi connectivity index (χ4v) is 0.957. The highest BCUT2D eigenvalue weighted by atomic mass is 16.6. The van der Waals surface area contributed by atoms with Crippen LogP contribution in [0, 0.1) is 5.92 Å². The SMILES string of the molecule is CC(C)CC1=NOCC1. The molecule has 1 heterocycles. The molecule has 1 aliphatic heterocycles. The fourth-order valence-electron chi connectivity index (χ4n) is 0.957. The van der Waals surface area contributed by atoms with E-state index in [0.717, 1.165) is 19.4 Å². The smallest absolute Gasteiger partial charge is 0.122 e. The second-order valence-electron chi connectivity index (χ2n) is 2.84. The lowest BCUT2D eigenvalue weighted by Crippen LogP contribution is -1.99. The molecule has 0 fully saturated rings. The summed E-state index contributed by atoms with van der Waals surface area (Å²) >= 11 is 0. The van der Waals surface area contributed by atoms with E-state index in [2.05, 4.69) is 19.0 Å². The van der Waals surface area contributed by atoms with Crippen molar-refractivity contribution in [2.24, 2.45) is 11.1 Å². The molecule has 0 spiro atoms. The molecule has 0 aromatic heterocycles. The lowest BCUT2D eigenvalue weighted by atomic mass is 10.1. The van der Waals surface area contributed by atoms with E-state index in [0.29, 0.717) is 5.92 Å². The van der Waals surface area contributed by atoms with Gasteiger partial charge in [-0.2, -0.15) is 0 Å². The van der Waals surface area contributed by atoms with Gasteiger partial charge in [-0.1, -0.05) is 19.0 Å². The Morgan fingerprint density at radius 3 is 2.89 bits per heavy atom. The second kappa shape index (κ2) is 2.85. The van der Waals surface area contributed by atoms with Crippen molar-refractivity contribution in [3.63, 3.8) is 0 Å². The Morgan fingerprint density at radius 2 is 2.44 bits per heavy atom. The second-order valence-corrected chi connectivity index (χ2v) is 2.84. The molecule has 52 valence electrons. The number of nitrogens with zero attached hydrogens (tertiary/aromatic N) is 1. The van der Waals surface area contributed by atoms with Crippen LogP contribution in [0.3, 0.4) is 0 Å². The molecule has 2 nitrogen and oxygen atoms in total. The average Bonchev–Trinajstić information content (AvgIpc) is 2.15. The van der Waals surface area contributed by atoms with Gasteiger partial charge in [-0.25, -0.2) is 0 Å². The number of hydrogen-bond donors (Lipinski definition) is 0. The molecule has 0 aromatic rings. The van der Waals surface area contributed by atoms with E-state index in [1.807, 2.05) is 0 Å². The van der Waals surface area contributed by atoms with Gasteiger partial charge in [0, 0.05) is 6.42 Å². The van der Waals surface area contributed by atoms with Crippen molar-refractivity contribution >= 4 is 5.71 Å². The Bertz CT molecular complexity index is 118. The van der Waals surface area contributed by atoms with Crippen molar-refractivity contribution < 1.29 is 4.84 Å². The number of hydrogen-bond acceptors (Lipinski definition) is 2. The van der Waals surface area contributed by atoms with E-state index in [1.165, 1.54) is 5.71 Å². The molecule has 1 rings (SSSR count). The Labute approximate surface area is 55.9 Å². The number of rotatable bonds is 2. The monoisotopic (exact) mass is 127 g/mol. The third-order valence-electron chi connectivity index (χ3n) is 1.32. The van der Waals surface area contributed by atoms with Crippen molar-refractivity contribution in [3.8, 4) is 0 Å². The fraction of sp³-hybridized carbons (Fsp3) is 0.857. The van der Waals surface area contributed by atoms with Crippen molar-refractivity contribution in [1.29, 1.82) is 0 Å². The molecule has 0 N–H and O–H groups in total. The first-order valence-electron chi connectivity index (χ1n) is 3.46. The van der Waals surface area contributed by atoms with Crippen molar-refractivity contribution in [2.45, 2.75) is 26.7 Å². The van der Waals surface area contributed by atoms with Crippen LogP contribution in [0.2, 0.25) is 0 Å². The minimum Gasteiger partial charge on any atom is -0.395 e. The molecule has 2 heteroatoms. The molecule has 0 bridgehead atoms. The minimum atomic E-state index is 0.713. The summed E-state index contributed by atoms with van der Waals surface area (Å²) in [6.07, 6.45) is 2.14. The highest BCUT2D eigenvalue weighted by molar-refractivity contribution is 5.85. The van der Waals surface area contributed by atoms with E-state index in [1.54, 1.807) is 0 Å². The Balaban J connectivity index is 2.26. The van der Waals surface area contributed by atoms with Gasteiger partial charge in [-0.3, -0.25) is 0 Å². The van der Waals surface area contributed by atoms with Crippen LogP contribution in [0.5, 0.6) is 0 Å². The highest BCUT2D eigenvalue weighted by Crippen LogP contribution is 2.09. The first-order chi connectivity index (χ1) is 4.29. The standard InChI is InChI=1S/C7H13NO/c1-6(2)5-7-3-4-9-8-7/h6H,3-5H2,1-2H3. The molecule has 0 aliphatic carbocycles. The lowest BCUT2D eigenvalue weighted by molar-refractivity contribution is 0.173. The predicted molar refractivity (Wildman–Crippen MR) is 37.5 cm³/mol. The summed E-state index contributed by atoms with van der Waals surface area (Å²) in [6, 6.07) is 0. The van der Waals surface area contributed by atoms with Gasteiger partial charge in [0.25, 0.3) is 0 Å². The van der Waals surface area contributed by atoms with E-state index >= 15 is 0 Å². The van der Waals surface area contributed by atoms with Gasteiger partial charge in [-0.05, 0) is 12.3 Å². The Kier molecular flexibility index (Phi) is 2.09. The molecule has 9 heavy (non-hydrogen) atoms. The molecule has 0 saturated heterocycles. The number of oxime groups is 1. The zero-order chi connectivity index (χ0) is 6.69. The summed E-state index contributed by atoms with van der Waals surface area (Å²) in [5.41, 5.74) is 1.23. The predicted octanol–water partition coefficient (Wildman–Crippen LogP) is 1.81. The molecule has 0 saturated carbocycles. The van der Waals surface area contributed by atoms with E-state index < -0.39 is 0 Å². The molecular formula is C7H13NO. The average molecular weight is 127 g/mol. The van der Waals surface area contributed by atoms with Gasteiger partial charge in [0.1, 0.15) is 6.61 Å². The van der Waals surface area contributed by atoms with Gasteiger partial charge in [0.2, 0.25) is 0 Å². The zero-order valence-corrected chi connectivity index (χ0v) is 6.05. The minimum absolute atomic E-state index is 0.713. The third kappa shape index (κ3) is 2.04. The van der Waals surface area contributed by atoms with E-state index in [4.69, 9.17) is 4.84 Å². The zero-order valence-electron chi connectivity index (χ0n) is 6.05. The summed E-state index contributed by atoms with van der Waals surface area (Å²) < 4.78 is 0. The summed E-state index contributed by atoms with van der Waals surface area (Å²) in [5.74, 6) is 0.713. The highest BCUT2D eigenvalue weighted by Gasteiger charge is 2.08. The van der Waals surface area contributed by atoms with Crippen LogP contribution in [0.4, 0.5) is 0 Å². The summed E-state index contributed by atoms with van der Waals surface area (Å²) in [6.45, 7) is 5.18. The van der Waals surface area contributed by atoms with Gasteiger partial charge in [0.05, 0.1) is 5.71 Å². The lowest BCUT2D eigenvalue weighted by Gasteiger charge is -1.99. The molecule has 0 amide bonds. The Morgan fingerprint density at radius 1 is 1.67 bits per heavy atom. The molecule has 0 radical (unpaired) electrons. The first-order valence-corrected chi connectivity index (χ1v) is 3.46.